The summed E-state index contributed by atoms with van der Waals surface area (Å²) in [7, 11) is 2.63. The molecule has 6 aliphatic carbocycles. The minimum absolute atomic E-state index is 0.0881. The number of nitrogens with zero attached hydrogens (tertiary/aromatic N) is 4. The van der Waals surface area contributed by atoms with E-state index in [4.69, 9.17) is 19.4 Å². The van der Waals surface area contributed by atoms with E-state index in [2.05, 4.69) is 69.2 Å². The summed E-state index contributed by atoms with van der Waals surface area (Å²) in [5.41, 5.74) is 9.68. The number of aromatic nitrogens is 4. The van der Waals surface area contributed by atoms with Crippen LogP contribution in [0.15, 0.2) is 72.1 Å². The first kappa shape index (κ1) is 47.3. The first-order valence-electron chi connectivity index (χ1n) is 23.5. The van der Waals surface area contributed by atoms with E-state index in [0.717, 1.165) is 104 Å². The fourth-order valence-electron chi connectivity index (χ4n) is 10.4. The second kappa shape index (κ2) is 22.1. The molecular weight excluding hydrogens is 873 g/mol. The number of rotatable bonds is 15. The van der Waals surface area contributed by atoms with Gasteiger partial charge in [0, 0.05) is 13.1 Å². The van der Waals surface area contributed by atoms with Crippen molar-refractivity contribution < 1.29 is 28.7 Å². The second-order valence-corrected chi connectivity index (χ2v) is 19.9. The van der Waals surface area contributed by atoms with E-state index in [0.29, 0.717) is 37.8 Å². The second-order valence-electron chi connectivity index (χ2n) is 18.0. The van der Waals surface area contributed by atoms with E-state index >= 15 is 0 Å². The van der Waals surface area contributed by atoms with E-state index in [1.54, 1.807) is 23.5 Å². The van der Waals surface area contributed by atoms with Crippen molar-refractivity contribution in [3.63, 3.8) is 0 Å². The molecule has 4 heterocycles. The van der Waals surface area contributed by atoms with Crippen molar-refractivity contribution in [3.8, 4) is 11.3 Å². The number of likely N-dealkylation sites (tertiary alicyclic amines) is 2. The number of alkyl carbamates (subject to hydrolysis) is 2. The molecule has 0 radical (unpaired) electrons. The average molecular weight is 937 g/mol. The first-order valence-corrected chi connectivity index (χ1v) is 26.3. The molecule has 4 amide bonds. The lowest BCUT2D eigenvalue weighted by Gasteiger charge is -2.29. The van der Waals surface area contributed by atoms with Crippen LogP contribution in [0.25, 0.3) is 22.4 Å². The van der Waals surface area contributed by atoms with E-state index in [-0.39, 0.29) is 23.9 Å². The first-order chi connectivity index (χ1) is 32.2. The molecule has 352 valence electrons. The summed E-state index contributed by atoms with van der Waals surface area (Å²) in [4.78, 5) is 72.5. The van der Waals surface area contributed by atoms with Gasteiger partial charge in [-0.1, -0.05) is 54.1 Å². The minimum atomic E-state index is -0.650. The van der Waals surface area contributed by atoms with Gasteiger partial charge in [0.05, 0.1) is 50.1 Å². The molecule has 2 aromatic heterocycles. The SMILES string of the molecule is COC(=O)N[C@@H](CCSC)C(=O)N1CCC[C@H]1c1ncc(C2=CC3=CC[C@@H]2CC[C@@H]2C=CC(=C(c4ccc(-c5cnc([C@@H]6CCCN6C(=O)[C@H](CCSC)NC(=O)OC)[nH]5)cc4)C2)CC3)[nH]1. The van der Waals surface area contributed by atoms with Gasteiger partial charge in [-0.05, 0) is 141 Å². The van der Waals surface area contributed by atoms with Crippen molar-refractivity contribution in [2.75, 3.05) is 51.3 Å². The number of imidazole rings is 2. The zero-order valence-corrected chi connectivity index (χ0v) is 40.2. The molecule has 2 aliphatic heterocycles. The molecule has 0 spiro atoms. The van der Waals surface area contributed by atoms with Gasteiger partial charge < -0.3 is 39.9 Å². The molecule has 3 aromatic rings. The van der Waals surface area contributed by atoms with Crippen molar-refractivity contribution in [1.82, 2.24) is 40.4 Å². The van der Waals surface area contributed by atoms with Crippen LogP contribution in [0.4, 0.5) is 9.59 Å². The molecule has 66 heavy (non-hydrogen) atoms. The smallest absolute Gasteiger partial charge is 0.407 e. The quantitative estimate of drug-likeness (QED) is 0.115. The van der Waals surface area contributed by atoms with Crippen molar-refractivity contribution in [2.24, 2.45) is 11.8 Å². The van der Waals surface area contributed by atoms with E-state index in [9.17, 15) is 19.2 Å². The number of carbonyl (C=O) groups excluding carboxylic acids is 4. The molecule has 4 bridgehead atoms. The van der Waals surface area contributed by atoms with E-state index in [1.165, 1.54) is 42.1 Å². The van der Waals surface area contributed by atoms with Crippen LogP contribution in [-0.2, 0) is 19.1 Å². The largest absolute Gasteiger partial charge is 0.453 e. The third-order valence-electron chi connectivity index (χ3n) is 14.0. The lowest BCUT2D eigenvalue weighted by Crippen LogP contribution is -2.48. The fourth-order valence-corrected chi connectivity index (χ4v) is 11.3. The van der Waals surface area contributed by atoms with E-state index in [1.807, 2.05) is 34.7 Å². The summed E-state index contributed by atoms with van der Waals surface area (Å²) in [5, 5.41) is 5.52. The van der Waals surface area contributed by atoms with Crippen LogP contribution < -0.4 is 10.6 Å². The Kier molecular flexibility index (Phi) is 15.8. The number of nitrogens with one attached hydrogen (secondary N) is 4. The van der Waals surface area contributed by atoms with Gasteiger partial charge in [0.25, 0.3) is 0 Å². The highest BCUT2D eigenvalue weighted by Crippen LogP contribution is 2.43. The highest BCUT2D eigenvalue weighted by atomic mass is 32.2. The molecule has 11 rings (SSSR count). The summed E-state index contributed by atoms with van der Waals surface area (Å²) in [6.07, 6.45) is 26.7. The number of thioether (sulfide) groups is 2. The molecule has 16 heteroatoms. The average Bonchev–Trinajstić information content (AvgIpc) is 4.19. The molecule has 14 nitrogen and oxygen atoms in total. The minimum Gasteiger partial charge on any atom is -0.453 e. The Hall–Kier alpha value is -5.22. The zero-order valence-electron chi connectivity index (χ0n) is 38.6. The van der Waals surface area contributed by atoms with Crippen LogP contribution >= 0.6 is 23.5 Å². The van der Waals surface area contributed by atoms with E-state index < -0.39 is 24.3 Å². The summed E-state index contributed by atoms with van der Waals surface area (Å²) in [6.45, 7) is 1.24. The number of carbonyl (C=O) groups is 4. The predicted molar refractivity (Wildman–Crippen MR) is 261 cm³/mol. The van der Waals surface area contributed by atoms with Gasteiger partial charge >= 0.3 is 12.2 Å². The number of hydrogen-bond acceptors (Lipinski definition) is 10. The maximum atomic E-state index is 13.8. The number of methoxy groups -OCH3 is 2. The van der Waals surface area contributed by atoms with Crippen molar-refractivity contribution in [2.45, 2.75) is 101 Å². The van der Waals surface area contributed by atoms with Crippen molar-refractivity contribution in [1.29, 1.82) is 0 Å². The standard InChI is InChI=1S/C50H64N8O6S2/c1-63-49(61)55-39(21-25-65-3)47(59)57-23-5-7-43(57)45-51-29-41(53-45)36-19-17-34(18-20-36)37-27-31-9-13-33(37)14-10-32-12-16-35(15-11-31)38(28-32)42-30-52-46(54-42)44-8-6-24-58(44)48(60)40(22-26-66-4)56-50(62)64-2/h9,12-13,17-20,28-31,35,39-40,43-44H,5-8,10-11,14-16,21-27H2,1-4H3,(H,51,53)(H,52,54)(H,55,61)(H,56,62)/t31-,35-,39-,40-,43-,44-/m0/s1. The lowest BCUT2D eigenvalue weighted by molar-refractivity contribution is -0.135. The third-order valence-corrected chi connectivity index (χ3v) is 15.2. The van der Waals surface area contributed by atoms with Gasteiger partial charge in [-0.2, -0.15) is 23.5 Å². The Morgan fingerprint density at radius 1 is 0.773 bits per heavy atom. The van der Waals surface area contributed by atoms with Crippen LogP contribution in [0.1, 0.15) is 112 Å². The van der Waals surface area contributed by atoms with Gasteiger partial charge in [-0.25, -0.2) is 19.6 Å². The normalized spacial score (nSPS) is 22.6. The number of aromatic amines is 2. The van der Waals surface area contributed by atoms with Gasteiger partial charge in [0.2, 0.25) is 11.8 Å². The predicted octanol–water partition coefficient (Wildman–Crippen LogP) is 9.02. The lowest BCUT2D eigenvalue weighted by atomic mass is 9.76. The van der Waals surface area contributed by atoms with Crippen LogP contribution in [0.5, 0.6) is 0 Å². The van der Waals surface area contributed by atoms with Gasteiger partial charge in [0.15, 0.2) is 0 Å². The Balaban J connectivity index is 0.948. The monoisotopic (exact) mass is 936 g/mol. The fraction of sp³-hybridized carbons (Fsp3) is 0.520. The number of H-pyrrole nitrogens is 2. The van der Waals surface area contributed by atoms with Gasteiger partial charge in [-0.3, -0.25) is 9.59 Å². The van der Waals surface area contributed by atoms with Crippen molar-refractivity contribution in [3.05, 3.63) is 95.0 Å². The number of ether oxygens (including phenoxy) is 2. The summed E-state index contributed by atoms with van der Waals surface area (Å²) in [6, 6.07) is 7.18. The maximum Gasteiger partial charge on any atom is 0.407 e. The zero-order chi connectivity index (χ0) is 46.2. The maximum absolute atomic E-state index is 13.8. The van der Waals surface area contributed by atoms with Crippen molar-refractivity contribution >= 4 is 58.7 Å². The summed E-state index contributed by atoms with van der Waals surface area (Å²) in [5.74, 6) is 3.65. The Morgan fingerprint density at radius 3 is 1.94 bits per heavy atom. The molecule has 6 atom stereocenters. The van der Waals surface area contributed by atoms with Crippen LogP contribution in [0.2, 0.25) is 0 Å². The number of hydrogen-bond donors (Lipinski definition) is 4. The van der Waals surface area contributed by atoms with Crippen LogP contribution in [0, 0.1) is 11.8 Å². The highest BCUT2D eigenvalue weighted by Gasteiger charge is 2.38. The highest BCUT2D eigenvalue weighted by molar-refractivity contribution is 7.98. The molecule has 1 aromatic carbocycles. The van der Waals surface area contributed by atoms with Gasteiger partial charge in [-0.15, -0.1) is 0 Å². The molecular formula is C50H64N8O6S2. The Bertz CT molecular complexity index is 2350. The number of amides is 4. The van der Waals surface area contributed by atoms with Crippen LogP contribution in [-0.4, -0.2) is 117 Å². The number of allylic oxidation sites excluding steroid dienone is 8. The molecule has 2 saturated heterocycles. The summed E-state index contributed by atoms with van der Waals surface area (Å²) < 4.78 is 9.67. The molecule has 8 aliphatic rings. The molecule has 0 saturated carbocycles. The van der Waals surface area contributed by atoms with Gasteiger partial charge in [0.1, 0.15) is 23.7 Å². The Morgan fingerprint density at radius 2 is 1.35 bits per heavy atom. The van der Waals surface area contributed by atoms with Crippen LogP contribution in [0.3, 0.4) is 0 Å². The molecule has 2 fully saturated rings. The number of benzene rings is 1. The topological polar surface area (TPSA) is 175 Å². The Labute approximate surface area is 396 Å². The molecule has 0 unspecified atom stereocenters. The third kappa shape index (κ3) is 10.8. The summed E-state index contributed by atoms with van der Waals surface area (Å²) >= 11 is 3.28. The molecule has 4 N–H and O–H groups in total.